The van der Waals surface area contributed by atoms with Gasteiger partial charge in [0.1, 0.15) is 6.23 Å². The van der Waals surface area contributed by atoms with Crippen LogP contribution in [0.25, 0.3) is 0 Å². The third-order valence-electron chi connectivity index (χ3n) is 3.50. The maximum absolute atomic E-state index is 13.8. The lowest BCUT2D eigenvalue weighted by atomic mass is 9.89. The Morgan fingerprint density at radius 2 is 2.10 bits per heavy atom. The molecule has 0 spiro atoms. The molecule has 0 bridgehead atoms. The number of benzene rings is 1. The number of hydrogen-bond acceptors (Lipinski definition) is 2. The van der Waals surface area contributed by atoms with Crippen LogP contribution in [0.5, 0.6) is 0 Å². The maximum Gasteiger partial charge on any atom is 0.433 e. The average molecular weight is 316 g/mol. The molecular weight excluding hydrogens is 303 g/mol. The minimum Gasteiger partial charge on any atom is -0.360 e. The average Bonchev–Trinajstić information content (AvgIpc) is 3.19. The van der Waals surface area contributed by atoms with E-state index < -0.39 is 18.0 Å². The lowest BCUT2D eigenvalue weighted by Gasteiger charge is -2.40. The van der Waals surface area contributed by atoms with Crippen LogP contribution in [0.4, 0.5) is 18.9 Å². The monoisotopic (exact) mass is 315 g/mol. The van der Waals surface area contributed by atoms with Gasteiger partial charge in [-0.1, -0.05) is 23.4 Å². The molecule has 1 fully saturated rings. The summed E-state index contributed by atoms with van der Waals surface area (Å²) in [5.74, 6) is 5.09. The van der Waals surface area contributed by atoms with Gasteiger partial charge in [-0.05, 0) is 38.0 Å². The van der Waals surface area contributed by atoms with Gasteiger partial charge in [0.05, 0.1) is 0 Å². The molecule has 1 aliphatic heterocycles. The third-order valence-corrected chi connectivity index (χ3v) is 3.74. The van der Waals surface area contributed by atoms with Crippen molar-refractivity contribution in [1.29, 1.82) is 0 Å². The summed E-state index contributed by atoms with van der Waals surface area (Å²) in [5, 5.41) is 3.09. The van der Waals surface area contributed by atoms with Crippen molar-refractivity contribution in [3.63, 3.8) is 0 Å². The highest BCUT2D eigenvalue weighted by molar-refractivity contribution is 6.30. The van der Waals surface area contributed by atoms with Crippen molar-refractivity contribution in [3.8, 4) is 11.8 Å². The predicted molar refractivity (Wildman–Crippen MR) is 73.9 cm³/mol. The van der Waals surface area contributed by atoms with Crippen molar-refractivity contribution >= 4 is 17.3 Å². The molecule has 1 aromatic rings. The molecular formula is C15H13ClF3NO. The van der Waals surface area contributed by atoms with Gasteiger partial charge in [-0.25, -0.2) is 0 Å². The summed E-state index contributed by atoms with van der Waals surface area (Å²) in [6.07, 6.45) is -3.76. The second-order valence-electron chi connectivity index (χ2n) is 5.32. The van der Waals surface area contributed by atoms with Crippen molar-refractivity contribution in [1.82, 2.24) is 0 Å². The number of hydrogen-bond donors (Lipinski definition) is 1. The van der Waals surface area contributed by atoms with Crippen molar-refractivity contribution in [2.45, 2.75) is 37.8 Å². The number of rotatable bonds is 0. The van der Waals surface area contributed by atoms with Gasteiger partial charge in [0, 0.05) is 22.2 Å². The Bertz CT molecular complexity index is 630. The number of ether oxygens (including phenoxy) is 1. The SMILES string of the molecule is CC1Nc2ccc(Cl)cc2[C@@](C#CC2CC2)(C(F)(F)F)O1. The van der Waals surface area contributed by atoms with E-state index in [0.717, 1.165) is 12.8 Å². The fourth-order valence-electron chi connectivity index (χ4n) is 2.33. The highest BCUT2D eigenvalue weighted by Gasteiger charge is 2.60. The standard InChI is InChI=1S/C15H13ClF3NO/c1-9-20-13-5-4-11(16)8-12(13)14(21-9,15(17,18)19)7-6-10-2-3-10/h4-5,8-10,20H,2-3H2,1H3/t9?,14-/m0/s1. The van der Waals surface area contributed by atoms with Crippen molar-refractivity contribution in [2.24, 2.45) is 5.92 Å². The first kappa shape index (κ1) is 14.6. The first-order valence-electron chi connectivity index (χ1n) is 6.65. The molecule has 6 heteroatoms. The maximum atomic E-state index is 13.8. The van der Waals surface area contributed by atoms with Crippen LogP contribution in [0.3, 0.4) is 0 Å². The van der Waals surface area contributed by atoms with Gasteiger partial charge in [-0.15, -0.1) is 0 Å². The van der Waals surface area contributed by atoms with E-state index in [1.807, 2.05) is 0 Å². The lowest BCUT2D eigenvalue weighted by Crippen LogP contribution is -2.50. The van der Waals surface area contributed by atoms with E-state index in [1.165, 1.54) is 19.1 Å². The number of nitrogens with one attached hydrogen (secondary N) is 1. The third kappa shape index (κ3) is 2.58. The largest absolute Gasteiger partial charge is 0.433 e. The number of fused-ring (bicyclic) bond motifs is 1. The molecule has 1 aromatic carbocycles. The van der Waals surface area contributed by atoms with E-state index in [9.17, 15) is 13.2 Å². The minimum absolute atomic E-state index is 0.0423. The molecule has 0 aromatic heterocycles. The van der Waals surface area contributed by atoms with Crippen LogP contribution in [0.1, 0.15) is 25.3 Å². The van der Waals surface area contributed by atoms with Gasteiger partial charge in [-0.3, -0.25) is 0 Å². The summed E-state index contributed by atoms with van der Waals surface area (Å²) in [6, 6.07) is 4.34. The summed E-state index contributed by atoms with van der Waals surface area (Å²) in [4.78, 5) is 0. The Balaban J connectivity index is 2.19. The normalized spacial score (nSPS) is 28.1. The highest BCUT2D eigenvalue weighted by atomic mass is 35.5. The first-order chi connectivity index (χ1) is 9.82. The molecule has 0 radical (unpaired) electrons. The van der Waals surface area contributed by atoms with E-state index in [-0.39, 0.29) is 16.5 Å². The smallest absolute Gasteiger partial charge is 0.360 e. The second-order valence-corrected chi connectivity index (χ2v) is 5.75. The number of alkyl halides is 3. The van der Waals surface area contributed by atoms with Gasteiger partial charge < -0.3 is 10.1 Å². The van der Waals surface area contributed by atoms with E-state index >= 15 is 0 Å². The van der Waals surface area contributed by atoms with Crippen LogP contribution in [-0.2, 0) is 10.3 Å². The van der Waals surface area contributed by atoms with Gasteiger partial charge in [0.25, 0.3) is 5.60 Å². The van der Waals surface area contributed by atoms with Crippen molar-refractivity contribution < 1.29 is 17.9 Å². The molecule has 2 nitrogen and oxygen atoms in total. The van der Waals surface area contributed by atoms with Crippen LogP contribution in [-0.4, -0.2) is 12.4 Å². The highest BCUT2D eigenvalue weighted by Crippen LogP contribution is 2.48. The van der Waals surface area contributed by atoms with Crippen molar-refractivity contribution in [3.05, 3.63) is 28.8 Å². The second kappa shape index (κ2) is 4.82. The molecule has 1 heterocycles. The Morgan fingerprint density at radius 1 is 1.38 bits per heavy atom. The van der Waals surface area contributed by atoms with Crippen molar-refractivity contribution in [2.75, 3.05) is 5.32 Å². The Hall–Kier alpha value is -1.38. The van der Waals surface area contributed by atoms with Gasteiger partial charge in [0.15, 0.2) is 0 Å². The number of halogens is 4. The zero-order chi connectivity index (χ0) is 15.3. The zero-order valence-electron chi connectivity index (χ0n) is 11.2. The molecule has 3 rings (SSSR count). The van der Waals surface area contributed by atoms with Crippen LogP contribution in [0.15, 0.2) is 18.2 Å². The summed E-state index contributed by atoms with van der Waals surface area (Å²) >= 11 is 5.87. The molecule has 21 heavy (non-hydrogen) atoms. The summed E-state index contributed by atoms with van der Waals surface area (Å²) in [7, 11) is 0. The van der Waals surface area contributed by atoms with Gasteiger partial charge in [0.2, 0.25) is 0 Å². The van der Waals surface area contributed by atoms with Crippen LogP contribution in [0.2, 0.25) is 5.02 Å². The zero-order valence-corrected chi connectivity index (χ0v) is 12.0. The quantitative estimate of drug-likeness (QED) is 0.721. The molecule has 1 saturated carbocycles. The molecule has 2 atom stereocenters. The fourth-order valence-corrected chi connectivity index (χ4v) is 2.50. The molecule has 1 unspecified atom stereocenters. The Kier molecular flexibility index (Phi) is 3.34. The lowest BCUT2D eigenvalue weighted by molar-refractivity contribution is -0.270. The fraction of sp³-hybridized carbons (Fsp3) is 0.467. The van der Waals surface area contributed by atoms with Crippen LogP contribution in [0, 0.1) is 17.8 Å². The number of anilines is 1. The minimum atomic E-state index is -4.65. The summed E-state index contributed by atoms with van der Waals surface area (Å²) in [6.45, 7) is 1.52. The topological polar surface area (TPSA) is 21.3 Å². The molecule has 0 amide bonds. The predicted octanol–water partition coefficient (Wildman–Crippen LogP) is 4.30. The Morgan fingerprint density at radius 3 is 2.71 bits per heavy atom. The van der Waals surface area contributed by atoms with E-state index in [2.05, 4.69) is 17.2 Å². The van der Waals surface area contributed by atoms with E-state index in [4.69, 9.17) is 16.3 Å². The molecule has 1 N–H and O–H groups in total. The summed E-state index contributed by atoms with van der Waals surface area (Å²) in [5.41, 5.74) is -2.35. The van der Waals surface area contributed by atoms with E-state index in [1.54, 1.807) is 6.07 Å². The molecule has 0 saturated heterocycles. The summed E-state index contributed by atoms with van der Waals surface area (Å²) < 4.78 is 46.5. The molecule has 1 aliphatic carbocycles. The molecule has 2 aliphatic rings. The van der Waals surface area contributed by atoms with Crippen LogP contribution >= 0.6 is 11.6 Å². The Labute approximate surface area is 125 Å². The van der Waals surface area contributed by atoms with Gasteiger partial charge in [-0.2, -0.15) is 13.2 Å². The van der Waals surface area contributed by atoms with Crippen LogP contribution < -0.4 is 5.32 Å². The van der Waals surface area contributed by atoms with E-state index in [0.29, 0.717) is 5.69 Å². The molecule has 112 valence electrons. The van der Waals surface area contributed by atoms with Gasteiger partial charge >= 0.3 is 6.18 Å². The first-order valence-corrected chi connectivity index (χ1v) is 7.03.